The van der Waals surface area contributed by atoms with Gasteiger partial charge in [-0.25, -0.2) is 0 Å². The highest BCUT2D eigenvalue weighted by atomic mass is 32.1. The predicted octanol–water partition coefficient (Wildman–Crippen LogP) is 1.42. The molecule has 18 heavy (non-hydrogen) atoms. The van der Waals surface area contributed by atoms with E-state index in [1.807, 2.05) is 0 Å². The molecule has 2 rings (SSSR count). The first-order chi connectivity index (χ1) is 8.49. The third-order valence-electron chi connectivity index (χ3n) is 2.94. The van der Waals surface area contributed by atoms with Gasteiger partial charge in [0.2, 0.25) is 5.91 Å². The van der Waals surface area contributed by atoms with Crippen LogP contribution in [0.3, 0.4) is 0 Å². The molecule has 1 atom stereocenters. The van der Waals surface area contributed by atoms with Crippen molar-refractivity contribution in [1.82, 2.24) is 4.90 Å². The van der Waals surface area contributed by atoms with Crippen molar-refractivity contribution in [3.05, 3.63) is 29.8 Å². The number of thiol groups is 1. The smallest absolute Gasteiger partial charge is 0.253 e. The Hall–Kier alpha value is -1.49. The van der Waals surface area contributed by atoms with Crippen LogP contribution in [-0.2, 0) is 4.79 Å². The second-order valence-corrected chi connectivity index (χ2v) is 5.34. The summed E-state index contributed by atoms with van der Waals surface area (Å²) in [7, 11) is 3.43. The van der Waals surface area contributed by atoms with Crippen molar-refractivity contribution in [1.29, 1.82) is 0 Å². The van der Waals surface area contributed by atoms with E-state index in [1.54, 1.807) is 43.3 Å². The number of hydrogen-bond acceptors (Lipinski definition) is 3. The number of rotatable bonds is 2. The van der Waals surface area contributed by atoms with Crippen LogP contribution < -0.4 is 4.90 Å². The molecule has 1 aromatic rings. The molecule has 0 N–H and O–H groups in total. The summed E-state index contributed by atoms with van der Waals surface area (Å²) in [6.07, 6.45) is 0.474. The molecule has 5 heteroatoms. The maximum absolute atomic E-state index is 11.7. The van der Waals surface area contributed by atoms with E-state index < -0.39 is 0 Å². The summed E-state index contributed by atoms with van der Waals surface area (Å²) < 4.78 is 0. The largest absolute Gasteiger partial charge is 0.345 e. The molecular formula is C13H16N2O2S. The molecular weight excluding hydrogens is 248 g/mol. The molecule has 1 aliphatic rings. The van der Waals surface area contributed by atoms with Crippen LogP contribution in [0.1, 0.15) is 16.8 Å². The number of anilines is 1. The van der Waals surface area contributed by atoms with Crippen molar-refractivity contribution in [3.8, 4) is 0 Å². The number of hydrogen-bond donors (Lipinski definition) is 1. The molecule has 1 aromatic carbocycles. The Labute approximate surface area is 112 Å². The predicted molar refractivity (Wildman–Crippen MR) is 74.2 cm³/mol. The fourth-order valence-electron chi connectivity index (χ4n) is 1.98. The molecule has 0 saturated carbocycles. The molecule has 0 aliphatic carbocycles. The summed E-state index contributed by atoms with van der Waals surface area (Å²) in [6.45, 7) is 0.628. The average molecular weight is 264 g/mol. The summed E-state index contributed by atoms with van der Waals surface area (Å²) in [5.74, 6) is 0.0445. The molecule has 4 nitrogen and oxygen atoms in total. The van der Waals surface area contributed by atoms with Crippen molar-refractivity contribution < 1.29 is 9.59 Å². The molecule has 0 radical (unpaired) electrons. The zero-order valence-corrected chi connectivity index (χ0v) is 11.4. The minimum Gasteiger partial charge on any atom is -0.345 e. The fraction of sp³-hybridized carbons (Fsp3) is 0.385. The lowest BCUT2D eigenvalue weighted by Crippen LogP contribution is -2.25. The van der Waals surface area contributed by atoms with Gasteiger partial charge in [-0.3, -0.25) is 9.59 Å². The van der Waals surface area contributed by atoms with E-state index in [4.69, 9.17) is 0 Å². The summed E-state index contributed by atoms with van der Waals surface area (Å²) in [6, 6.07) is 7.11. The van der Waals surface area contributed by atoms with Gasteiger partial charge >= 0.3 is 0 Å². The maximum atomic E-state index is 11.7. The highest BCUT2D eigenvalue weighted by Gasteiger charge is 2.28. The Morgan fingerprint density at radius 3 is 2.39 bits per heavy atom. The van der Waals surface area contributed by atoms with Crippen LogP contribution in [0.15, 0.2) is 24.3 Å². The van der Waals surface area contributed by atoms with E-state index in [9.17, 15) is 9.59 Å². The number of carbonyl (C=O) groups excluding carboxylic acids is 2. The standard InChI is InChI=1S/C13H16N2O2S/c1-14(2)13(17)9-3-5-10(6-4-9)15-8-11(18)7-12(15)16/h3-6,11,18H,7-8H2,1-2H3. The molecule has 1 unspecified atom stereocenters. The highest BCUT2D eigenvalue weighted by Crippen LogP contribution is 2.24. The van der Waals surface area contributed by atoms with E-state index in [0.29, 0.717) is 18.5 Å². The van der Waals surface area contributed by atoms with Crippen LogP contribution in [0.25, 0.3) is 0 Å². The molecule has 0 aromatic heterocycles. The summed E-state index contributed by atoms with van der Waals surface area (Å²) >= 11 is 4.32. The minimum atomic E-state index is -0.0404. The van der Waals surface area contributed by atoms with E-state index >= 15 is 0 Å². The molecule has 2 amide bonds. The van der Waals surface area contributed by atoms with Crippen molar-refractivity contribution in [2.45, 2.75) is 11.7 Å². The van der Waals surface area contributed by atoms with E-state index in [1.165, 1.54) is 4.90 Å². The van der Waals surface area contributed by atoms with Gasteiger partial charge < -0.3 is 9.80 Å². The van der Waals surface area contributed by atoms with Crippen molar-refractivity contribution >= 4 is 30.1 Å². The van der Waals surface area contributed by atoms with Crippen molar-refractivity contribution in [3.63, 3.8) is 0 Å². The second kappa shape index (κ2) is 5.02. The Balaban J connectivity index is 2.18. The summed E-state index contributed by atoms with van der Waals surface area (Å²) in [4.78, 5) is 26.7. The van der Waals surface area contributed by atoms with E-state index in [-0.39, 0.29) is 17.1 Å². The van der Waals surface area contributed by atoms with Gasteiger partial charge in [0.15, 0.2) is 0 Å². The lowest BCUT2D eigenvalue weighted by molar-refractivity contribution is -0.117. The average Bonchev–Trinajstić information content (AvgIpc) is 2.67. The minimum absolute atomic E-state index is 0.0404. The van der Waals surface area contributed by atoms with Crippen LogP contribution in [0.5, 0.6) is 0 Å². The first-order valence-electron chi connectivity index (χ1n) is 5.79. The number of benzene rings is 1. The van der Waals surface area contributed by atoms with Gasteiger partial charge in [-0.2, -0.15) is 12.6 Å². The monoisotopic (exact) mass is 264 g/mol. The zero-order valence-electron chi connectivity index (χ0n) is 10.5. The Morgan fingerprint density at radius 1 is 1.33 bits per heavy atom. The number of amides is 2. The number of carbonyl (C=O) groups is 2. The summed E-state index contributed by atoms with van der Waals surface area (Å²) in [5, 5.41) is 0.0978. The highest BCUT2D eigenvalue weighted by molar-refractivity contribution is 7.81. The van der Waals surface area contributed by atoms with Gasteiger partial charge in [-0.1, -0.05) is 0 Å². The van der Waals surface area contributed by atoms with Gasteiger partial charge in [-0.05, 0) is 24.3 Å². The molecule has 1 fully saturated rings. The third kappa shape index (κ3) is 2.51. The Kier molecular flexibility index (Phi) is 3.61. The van der Waals surface area contributed by atoms with Crippen LogP contribution in [0.4, 0.5) is 5.69 Å². The normalized spacial score (nSPS) is 19.2. The van der Waals surface area contributed by atoms with Crippen LogP contribution in [-0.4, -0.2) is 42.6 Å². The summed E-state index contributed by atoms with van der Waals surface area (Å²) in [5.41, 5.74) is 1.45. The van der Waals surface area contributed by atoms with E-state index in [2.05, 4.69) is 12.6 Å². The SMILES string of the molecule is CN(C)C(=O)c1ccc(N2CC(S)CC2=O)cc1. The first kappa shape index (κ1) is 13.0. The van der Waals surface area contributed by atoms with Crippen molar-refractivity contribution in [2.75, 3.05) is 25.5 Å². The third-order valence-corrected chi connectivity index (χ3v) is 3.28. The molecule has 96 valence electrons. The molecule has 1 saturated heterocycles. The van der Waals surface area contributed by atoms with Gasteiger partial charge in [0, 0.05) is 43.6 Å². The Bertz CT molecular complexity index is 470. The van der Waals surface area contributed by atoms with Crippen LogP contribution in [0.2, 0.25) is 0 Å². The van der Waals surface area contributed by atoms with Crippen LogP contribution >= 0.6 is 12.6 Å². The van der Waals surface area contributed by atoms with Gasteiger partial charge in [0.05, 0.1) is 0 Å². The maximum Gasteiger partial charge on any atom is 0.253 e. The number of nitrogens with zero attached hydrogens (tertiary/aromatic N) is 2. The van der Waals surface area contributed by atoms with Crippen molar-refractivity contribution in [2.24, 2.45) is 0 Å². The topological polar surface area (TPSA) is 40.6 Å². The molecule has 0 spiro atoms. The van der Waals surface area contributed by atoms with Gasteiger partial charge in [-0.15, -0.1) is 0 Å². The van der Waals surface area contributed by atoms with Crippen LogP contribution in [0, 0.1) is 0 Å². The molecule has 1 heterocycles. The van der Waals surface area contributed by atoms with Gasteiger partial charge in [0.25, 0.3) is 5.91 Å². The van der Waals surface area contributed by atoms with Gasteiger partial charge in [0.1, 0.15) is 0 Å². The fourth-order valence-corrected chi connectivity index (χ4v) is 2.30. The lowest BCUT2D eigenvalue weighted by Gasteiger charge is -2.17. The lowest BCUT2D eigenvalue weighted by atomic mass is 10.2. The first-order valence-corrected chi connectivity index (χ1v) is 6.31. The Morgan fingerprint density at radius 2 is 1.94 bits per heavy atom. The second-order valence-electron chi connectivity index (χ2n) is 4.61. The molecule has 1 aliphatic heterocycles. The van der Waals surface area contributed by atoms with E-state index in [0.717, 1.165) is 5.69 Å². The molecule has 0 bridgehead atoms. The zero-order chi connectivity index (χ0) is 13.3. The quantitative estimate of drug-likeness (QED) is 0.821.